The lowest BCUT2D eigenvalue weighted by molar-refractivity contribution is 0.775. The van der Waals surface area contributed by atoms with Gasteiger partial charge in [-0.3, -0.25) is 0 Å². The number of rotatable bonds is 0. The minimum atomic E-state index is 0.461. The third-order valence-corrected chi connectivity index (χ3v) is 2.34. The molecular weight excluding hydrogens is 234 g/mol. The second-order valence-corrected chi connectivity index (χ2v) is 3.52. The molecule has 0 aliphatic heterocycles. The topological polar surface area (TPSA) is 69.6 Å². The van der Waals surface area contributed by atoms with Crippen LogP contribution in [0.2, 0.25) is 0 Å². The van der Waals surface area contributed by atoms with E-state index < -0.39 is 0 Å². The Morgan fingerprint density at radius 3 is 2.77 bits per heavy atom. The molecule has 0 bridgehead atoms. The number of anilines is 1. The van der Waals surface area contributed by atoms with Crippen LogP contribution in [0.5, 0.6) is 0 Å². The molecule has 2 N–H and O–H groups in total. The molecule has 0 spiro atoms. The normalized spacial score (nSPS) is 11.0. The van der Waals surface area contributed by atoms with Crippen molar-refractivity contribution in [2.45, 2.75) is 6.92 Å². The summed E-state index contributed by atoms with van der Waals surface area (Å²) in [5.41, 5.74) is 6.48. The van der Waals surface area contributed by atoms with Crippen molar-refractivity contribution in [2.24, 2.45) is 7.05 Å². The highest BCUT2D eigenvalue weighted by Crippen LogP contribution is 2.25. The molecule has 0 fully saturated rings. The highest BCUT2D eigenvalue weighted by atomic mass is 79.9. The van der Waals surface area contributed by atoms with Gasteiger partial charge in [0.1, 0.15) is 16.2 Å². The highest BCUT2D eigenvalue weighted by Gasteiger charge is 2.11. The van der Waals surface area contributed by atoms with Crippen molar-refractivity contribution in [1.82, 2.24) is 19.7 Å². The second-order valence-electron chi connectivity index (χ2n) is 2.77. The molecule has 13 heavy (non-hydrogen) atoms. The molecule has 2 rings (SSSR count). The molecule has 68 valence electrons. The summed E-state index contributed by atoms with van der Waals surface area (Å²) in [7, 11) is 1.82. The summed E-state index contributed by atoms with van der Waals surface area (Å²) in [6, 6.07) is 0. The molecule has 2 aromatic heterocycles. The van der Waals surface area contributed by atoms with Crippen LogP contribution in [0.1, 0.15) is 5.82 Å². The third-order valence-electron chi connectivity index (χ3n) is 1.78. The largest absolute Gasteiger partial charge is 0.383 e. The van der Waals surface area contributed by atoms with Crippen LogP contribution in [0.15, 0.2) is 4.60 Å². The molecule has 2 heterocycles. The van der Waals surface area contributed by atoms with Gasteiger partial charge in [0.15, 0.2) is 5.65 Å². The van der Waals surface area contributed by atoms with Crippen LogP contribution >= 0.6 is 15.9 Å². The Labute approximate surface area is 83.1 Å². The quantitative estimate of drug-likeness (QED) is 0.748. The maximum atomic E-state index is 5.74. The number of halogens is 1. The average Bonchev–Trinajstić information content (AvgIpc) is 2.27. The molecule has 0 radical (unpaired) electrons. The zero-order chi connectivity index (χ0) is 9.59. The fourth-order valence-electron chi connectivity index (χ4n) is 1.24. The Balaban J connectivity index is 2.97. The van der Waals surface area contributed by atoms with Gasteiger partial charge in [0, 0.05) is 7.05 Å². The van der Waals surface area contributed by atoms with Crippen molar-refractivity contribution in [3.8, 4) is 0 Å². The number of hydrogen-bond acceptors (Lipinski definition) is 4. The van der Waals surface area contributed by atoms with Crippen molar-refractivity contribution < 1.29 is 0 Å². The molecule has 5 nitrogen and oxygen atoms in total. The van der Waals surface area contributed by atoms with Gasteiger partial charge >= 0.3 is 0 Å². The molecular formula is C7H8BrN5. The molecule has 0 unspecified atom stereocenters. The second kappa shape index (κ2) is 2.66. The summed E-state index contributed by atoms with van der Waals surface area (Å²) in [6.45, 7) is 1.80. The van der Waals surface area contributed by atoms with E-state index in [2.05, 4.69) is 31.0 Å². The van der Waals surface area contributed by atoms with Crippen LogP contribution in [-0.4, -0.2) is 19.7 Å². The zero-order valence-electron chi connectivity index (χ0n) is 7.24. The van der Waals surface area contributed by atoms with E-state index in [4.69, 9.17) is 5.73 Å². The Hall–Kier alpha value is -1.17. The minimum Gasteiger partial charge on any atom is -0.383 e. The Morgan fingerprint density at radius 2 is 2.08 bits per heavy atom. The van der Waals surface area contributed by atoms with Crippen LogP contribution in [0.3, 0.4) is 0 Å². The predicted octanol–water partition coefficient (Wildman–Crippen LogP) is 1.02. The fourth-order valence-corrected chi connectivity index (χ4v) is 1.86. The van der Waals surface area contributed by atoms with Crippen LogP contribution in [-0.2, 0) is 7.05 Å². The van der Waals surface area contributed by atoms with Gasteiger partial charge in [-0.1, -0.05) is 0 Å². The van der Waals surface area contributed by atoms with E-state index in [1.54, 1.807) is 11.6 Å². The van der Waals surface area contributed by atoms with E-state index in [1.807, 2.05) is 7.05 Å². The molecule has 0 saturated heterocycles. The molecule has 0 aliphatic rings. The van der Waals surface area contributed by atoms with Gasteiger partial charge in [-0.15, -0.1) is 0 Å². The number of nitrogens with two attached hydrogens (primary N) is 1. The lowest BCUT2D eigenvalue weighted by Gasteiger charge is -1.97. The average molecular weight is 242 g/mol. The third kappa shape index (κ3) is 1.17. The van der Waals surface area contributed by atoms with Crippen molar-refractivity contribution in [1.29, 1.82) is 0 Å². The Morgan fingerprint density at radius 1 is 1.38 bits per heavy atom. The van der Waals surface area contributed by atoms with Gasteiger partial charge in [-0.25, -0.2) is 14.6 Å². The lowest BCUT2D eigenvalue weighted by Crippen LogP contribution is -1.98. The van der Waals surface area contributed by atoms with Crippen LogP contribution in [0.4, 0.5) is 5.82 Å². The molecule has 2 aromatic rings. The van der Waals surface area contributed by atoms with E-state index in [-0.39, 0.29) is 0 Å². The molecule has 0 atom stereocenters. The number of hydrogen-bond donors (Lipinski definition) is 1. The van der Waals surface area contributed by atoms with E-state index in [1.165, 1.54) is 0 Å². The van der Waals surface area contributed by atoms with Crippen molar-refractivity contribution >= 4 is 32.8 Å². The van der Waals surface area contributed by atoms with E-state index in [0.29, 0.717) is 16.2 Å². The van der Waals surface area contributed by atoms with Gasteiger partial charge in [-0.2, -0.15) is 5.10 Å². The first-order valence-corrected chi connectivity index (χ1v) is 4.51. The number of fused-ring (bicyclic) bond motifs is 1. The number of nitrogen functional groups attached to an aromatic ring is 1. The molecule has 6 heteroatoms. The standard InChI is InChI=1S/C7H8BrN5/c1-3-10-6(9)4-5(8)12-13(2)7(4)11-3/h1-2H3,(H2,9,10,11). The van der Waals surface area contributed by atoms with Crippen molar-refractivity contribution in [2.75, 3.05) is 5.73 Å². The summed E-state index contributed by atoms with van der Waals surface area (Å²) < 4.78 is 2.35. The molecule has 0 aliphatic carbocycles. The maximum Gasteiger partial charge on any atom is 0.164 e. The van der Waals surface area contributed by atoms with Crippen LogP contribution in [0.25, 0.3) is 11.0 Å². The monoisotopic (exact) mass is 241 g/mol. The number of aryl methyl sites for hydroxylation is 2. The first-order valence-electron chi connectivity index (χ1n) is 3.72. The first kappa shape index (κ1) is 8.43. The molecule has 0 saturated carbocycles. The van der Waals surface area contributed by atoms with Gasteiger partial charge in [-0.05, 0) is 22.9 Å². The van der Waals surface area contributed by atoms with Crippen molar-refractivity contribution in [3.63, 3.8) is 0 Å². The zero-order valence-corrected chi connectivity index (χ0v) is 8.83. The van der Waals surface area contributed by atoms with E-state index in [0.717, 1.165) is 11.0 Å². The predicted molar refractivity (Wildman–Crippen MR) is 53.2 cm³/mol. The summed E-state index contributed by atoms with van der Waals surface area (Å²) in [4.78, 5) is 8.30. The van der Waals surface area contributed by atoms with Gasteiger partial charge in [0.2, 0.25) is 0 Å². The SMILES string of the molecule is Cc1nc(N)c2c(Br)nn(C)c2n1. The molecule has 0 amide bonds. The van der Waals surface area contributed by atoms with Gasteiger partial charge in [0.25, 0.3) is 0 Å². The van der Waals surface area contributed by atoms with E-state index >= 15 is 0 Å². The fraction of sp³-hybridized carbons (Fsp3) is 0.286. The lowest BCUT2D eigenvalue weighted by atomic mass is 10.4. The van der Waals surface area contributed by atoms with Crippen LogP contribution < -0.4 is 5.73 Å². The summed E-state index contributed by atoms with van der Waals surface area (Å²) >= 11 is 3.30. The summed E-state index contributed by atoms with van der Waals surface area (Å²) in [5, 5.41) is 4.91. The summed E-state index contributed by atoms with van der Waals surface area (Å²) in [5.74, 6) is 1.11. The number of aromatic nitrogens is 4. The Bertz CT molecular complexity index is 475. The minimum absolute atomic E-state index is 0.461. The van der Waals surface area contributed by atoms with Crippen molar-refractivity contribution in [3.05, 3.63) is 10.4 Å². The number of nitrogens with zero attached hydrogens (tertiary/aromatic N) is 4. The molecule has 0 aromatic carbocycles. The van der Waals surface area contributed by atoms with Gasteiger partial charge < -0.3 is 5.73 Å². The summed E-state index contributed by atoms with van der Waals surface area (Å²) in [6.07, 6.45) is 0. The maximum absolute atomic E-state index is 5.74. The smallest absolute Gasteiger partial charge is 0.164 e. The highest BCUT2D eigenvalue weighted by molar-refractivity contribution is 9.10. The van der Waals surface area contributed by atoms with Gasteiger partial charge in [0.05, 0.1) is 5.39 Å². The Kier molecular flexibility index (Phi) is 1.73. The van der Waals surface area contributed by atoms with Crippen LogP contribution in [0, 0.1) is 6.92 Å². The van der Waals surface area contributed by atoms with E-state index in [9.17, 15) is 0 Å². The first-order chi connectivity index (χ1) is 6.09.